The van der Waals surface area contributed by atoms with Crippen molar-refractivity contribution in [2.75, 3.05) is 18.5 Å². The zero-order valence-corrected chi connectivity index (χ0v) is 13.7. The summed E-state index contributed by atoms with van der Waals surface area (Å²) in [5.41, 5.74) is 10.8. The van der Waals surface area contributed by atoms with Crippen molar-refractivity contribution in [1.82, 2.24) is 0 Å². The summed E-state index contributed by atoms with van der Waals surface area (Å²) in [6.45, 7) is 3.76. The number of hydrogen-bond donors (Lipinski definition) is 1. The van der Waals surface area contributed by atoms with Gasteiger partial charge < -0.3 is 10.6 Å². The van der Waals surface area contributed by atoms with Crippen molar-refractivity contribution in [3.63, 3.8) is 0 Å². The predicted molar refractivity (Wildman–Crippen MR) is 90.2 cm³/mol. The lowest BCUT2D eigenvalue weighted by atomic mass is 10.1. The van der Waals surface area contributed by atoms with Crippen LogP contribution in [0.25, 0.3) is 0 Å². The Morgan fingerprint density at radius 3 is 2.45 bits per heavy atom. The first-order valence-electron chi connectivity index (χ1n) is 6.85. The van der Waals surface area contributed by atoms with Gasteiger partial charge in [-0.2, -0.15) is 0 Å². The van der Waals surface area contributed by atoms with E-state index in [9.17, 15) is 0 Å². The smallest absolute Gasteiger partial charge is 0.0363 e. The number of rotatable bonds is 5. The molecule has 0 amide bonds. The van der Waals surface area contributed by atoms with Gasteiger partial charge >= 0.3 is 0 Å². The molecular formula is C17H21BrN2. The summed E-state index contributed by atoms with van der Waals surface area (Å²) in [7, 11) is 2.13. The van der Waals surface area contributed by atoms with Crippen LogP contribution in [0.2, 0.25) is 0 Å². The quantitative estimate of drug-likeness (QED) is 0.899. The lowest BCUT2D eigenvalue weighted by molar-refractivity contribution is 0.870. The van der Waals surface area contributed by atoms with Crippen molar-refractivity contribution in [3.05, 3.63) is 63.6 Å². The topological polar surface area (TPSA) is 29.3 Å². The molecule has 2 N–H and O–H groups in total. The number of hydrogen-bond acceptors (Lipinski definition) is 2. The summed E-state index contributed by atoms with van der Waals surface area (Å²) in [5.74, 6) is 0. The molecule has 0 fully saturated rings. The Kier molecular flexibility index (Phi) is 5.21. The lowest BCUT2D eigenvalue weighted by Crippen LogP contribution is -2.20. The monoisotopic (exact) mass is 332 g/mol. The molecule has 20 heavy (non-hydrogen) atoms. The average molecular weight is 333 g/mol. The van der Waals surface area contributed by atoms with Crippen LogP contribution >= 0.6 is 15.9 Å². The molecule has 0 aliphatic carbocycles. The van der Waals surface area contributed by atoms with E-state index in [1.165, 1.54) is 22.4 Å². The van der Waals surface area contributed by atoms with E-state index in [1.807, 2.05) is 0 Å². The summed E-state index contributed by atoms with van der Waals surface area (Å²) < 4.78 is 1.15. The third-order valence-electron chi connectivity index (χ3n) is 3.64. The van der Waals surface area contributed by atoms with Gasteiger partial charge in [-0.25, -0.2) is 0 Å². The van der Waals surface area contributed by atoms with Crippen LogP contribution in [0.15, 0.2) is 46.9 Å². The van der Waals surface area contributed by atoms with Crippen LogP contribution < -0.4 is 10.6 Å². The highest BCUT2D eigenvalue weighted by atomic mass is 79.9. The molecule has 0 unspecified atom stereocenters. The van der Waals surface area contributed by atoms with Gasteiger partial charge in [-0.05, 0) is 54.3 Å². The van der Waals surface area contributed by atoms with Gasteiger partial charge in [-0.1, -0.05) is 34.1 Å². The largest absolute Gasteiger partial charge is 0.374 e. The molecule has 2 aromatic carbocycles. The summed E-state index contributed by atoms with van der Waals surface area (Å²) in [6.07, 6.45) is 1.04. The zero-order chi connectivity index (χ0) is 14.5. The summed E-state index contributed by atoms with van der Waals surface area (Å²) in [5, 5.41) is 0. The van der Waals surface area contributed by atoms with Gasteiger partial charge in [0.2, 0.25) is 0 Å². The minimum Gasteiger partial charge on any atom is -0.374 e. The van der Waals surface area contributed by atoms with Crippen LogP contribution in [0.4, 0.5) is 5.69 Å². The third kappa shape index (κ3) is 3.84. The molecule has 0 bridgehead atoms. The van der Waals surface area contributed by atoms with Crippen LogP contribution in [-0.2, 0) is 13.0 Å². The SMILES string of the molecule is Cc1ccc(Br)cc1CCN(C)c1ccc(CN)cc1. The van der Waals surface area contributed by atoms with Crippen LogP contribution in [0.1, 0.15) is 16.7 Å². The number of nitrogens with zero attached hydrogens (tertiary/aromatic N) is 1. The number of halogens is 1. The van der Waals surface area contributed by atoms with Crippen LogP contribution in [0.3, 0.4) is 0 Å². The van der Waals surface area contributed by atoms with Gasteiger partial charge in [0.15, 0.2) is 0 Å². The third-order valence-corrected chi connectivity index (χ3v) is 4.13. The maximum Gasteiger partial charge on any atom is 0.0363 e. The molecule has 0 spiro atoms. The number of aryl methyl sites for hydroxylation is 1. The molecule has 0 atom stereocenters. The number of benzene rings is 2. The molecule has 3 heteroatoms. The van der Waals surface area contributed by atoms with E-state index in [0.717, 1.165) is 17.4 Å². The van der Waals surface area contributed by atoms with E-state index in [-0.39, 0.29) is 0 Å². The molecule has 0 radical (unpaired) electrons. The molecule has 2 aromatic rings. The molecule has 0 aromatic heterocycles. The van der Waals surface area contributed by atoms with Crippen molar-refractivity contribution in [2.24, 2.45) is 5.73 Å². The Morgan fingerprint density at radius 1 is 1.10 bits per heavy atom. The fraction of sp³-hybridized carbons (Fsp3) is 0.294. The van der Waals surface area contributed by atoms with Gasteiger partial charge in [0.1, 0.15) is 0 Å². The lowest BCUT2D eigenvalue weighted by Gasteiger charge is -2.20. The Morgan fingerprint density at radius 2 is 1.80 bits per heavy atom. The first kappa shape index (κ1) is 15.1. The molecule has 0 saturated carbocycles. The minimum absolute atomic E-state index is 0.598. The highest BCUT2D eigenvalue weighted by Crippen LogP contribution is 2.18. The Hall–Kier alpha value is -1.32. The van der Waals surface area contributed by atoms with Gasteiger partial charge in [0.05, 0.1) is 0 Å². The van der Waals surface area contributed by atoms with Crippen molar-refractivity contribution in [2.45, 2.75) is 19.9 Å². The molecule has 0 heterocycles. The zero-order valence-electron chi connectivity index (χ0n) is 12.1. The van der Waals surface area contributed by atoms with Crippen molar-refractivity contribution in [3.8, 4) is 0 Å². The van der Waals surface area contributed by atoms with E-state index in [4.69, 9.17) is 5.73 Å². The van der Waals surface area contributed by atoms with Gasteiger partial charge in [0.25, 0.3) is 0 Å². The Bertz CT molecular complexity index is 564. The van der Waals surface area contributed by atoms with Crippen LogP contribution in [-0.4, -0.2) is 13.6 Å². The maximum absolute atomic E-state index is 5.62. The van der Waals surface area contributed by atoms with E-state index >= 15 is 0 Å². The molecule has 106 valence electrons. The number of anilines is 1. The molecule has 2 rings (SSSR count). The first-order chi connectivity index (χ1) is 9.60. The fourth-order valence-electron chi connectivity index (χ4n) is 2.21. The molecule has 0 aliphatic heterocycles. The van der Waals surface area contributed by atoms with E-state index in [2.05, 4.69) is 77.3 Å². The van der Waals surface area contributed by atoms with E-state index < -0.39 is 0 Å². The molecule has 0 saturated heterocycles. The first-order valence-corrected chi connectivity index (χ1v) is 7.64. The Balaban J connectivity index is 2.00. The van der Waals surface area contributed by atoms with Crippen molar-refractivity contribution < 1.29 is 0 Å². The average Bonchev–Trinajstić information content (AvgIpc) is 2.48. The molecule has 0 aliphatic rings. The van der Waals surface area contributed by atoms with Gasteiger partial charge in [-0.3, -0.25) is 0 Å². The molecular weight excluding hydrogens is 312 g/mol. The van der Waals surface area contributed by atoms with E-state index in [1.54, 1.807) is 0 Å². The highest BCUT2D eigenvalue weighted by molar-refractivity contribution is 9.10. The summed E-state index contributed by atoms with van der Waals surface area (Å²) in [6, 6.07) is 14.9. The van der Waals surface area contributed by atoms with E-state index in [0.29, 0.717) is 6.54 Å². The van der Waals surface area contributed by atoms with Crippen molar-refractivity contribution >= 4 is 21.6 Å². The van der Waals surface area contributed by atoms with Crippen LogP contribution in [0.5, 0.6) is 0 Å². The number of nitrogens with two attached hydrogens (primary N) is 1. The normalized spacial score (nSPS) is 10.6. The van der Waals surface area contributed by atoms with Crippen molar-refractivity contribution in [1.29, 1.82) is 0 Å². The maximum atomic E-state index is 5.62. The number of likely N-dealkylation sites (N-methyl/N-ethyl adjacent to an activating group) is 1. The van der Waals surface area contributed by atoms with Crippen LogP contribution in [0, 0.1) is 6.92 Å². The second kappa shape index (κ2) is 6.91. The fourth-order valence-corrected chi connectivity index (χ4v) is 2.62. The summed E-state index contributed by atoms with van der Waals surface area (Å²) >= 11 is 3.54. The minimum atomic E-state index is 0.598. The molecule has 2 nitrogen and oxygen atoms in total. The highest BCUT2D eigenvalue weighted by Gasteiger charge is 2.04. The second-order valence-corrected chi connectivity index (χ2v) is 6.03. The second-order valence-electron chi connectivity index (χ2n) is 5.11. The van der Waals surface area contributed by atoms with Gasteiger partial charge in [-0.15, -0.1) is 0 Å². The standard InChI is InChI=1S/C17H21BrN2/c1-13-3-6-16(18)11-15(13)9-10-20(2)17-7-4-14(12-19)5-8-17/h3-8,11H,9-10,12,19H2,1-2H3. The summed E-state index contributed by atoms with van der Waals surface area (Å²) in [4.78, 5) is 2.28. The van der Waals surface area contributed by atoms with Gasteiger partial charge in [0, 0.05) is 30.3 Å². The Labute approximate surface area is 129 Å². The predicted octanol–water partition coefficient (Wildman–Crippen LogP) is 3.90.